The average molecular weight is 429 g/mol. The van der Waals surface area contributed by atoms with Crippen molar-refractivity contribution >= 4 is 6.08 Å². The van der Waals surface area contributed by atoms with Crippen LogP contribution in [0.15, 0.2) is 66.7 Å². The molecular formula is C24H20F3O4. The first-order chi connectivity index (χ1) is 14.9. The summed E-state index contributed by atoms with van der Waals surface area (Å²) in [6, 6.07) is 18.2. The third-order valence-electron chi connectivity index (χ3n) is 4.23. The van der Waals surface area contributed by atoms with Gasteiger partial charge in [0, 0.05) is 6.07 Å². The highest BCUT2D eigenvalue weighted by Crippen LogP contribution is 2.39. The Morgan fingerprint density at radius 1 is 0.903 bits per heavy atom. The topological polar surface area (TPSA) is 36.9 Å². The van der Waals surface area contributed by atoms with Crippen molar-refractivity contribution in [3.8, 4) is 28.7 Å². The van der Waals surface area contributed by atoms with Crippen LogP contribution in [0.3, 0.4) is 0 Å². The van der Waals surface area contributed by atoms with Gasteiger partial charge in [-0.3, -0.25) is 0 Å². The molecule has 4 nitrogen and oxygen atoms in total. The van der Waals surface area contributed by atoms with Gasteiger partial charge in [0.25, 0.3) is 0 Å². The van der Waals surface area contributed by atoms with Crippen molar-refractivity contribution in [1.29, 1.82) is 0 Å². The Hall–Kier alpha value is -3.61. The minimum atomic E-state index is -4.34. The molecule has 0 atom stereocenters. The van der Waals surface area contributed by atoms with Crippen LogP contribution in [-0.2, 0) is 6.18 Å². The molecule has 3 aromatic carbocycles. The maximum atomic E-state index is 12.6. The molecule has 1 radical (unpaired) electrons. The number of hydrogen-bond acceptors (Lipinski definition) is 4. The molecule has 3 aromatic rings. The van der Waals surface area contributed by atoms with E-state index in [2.05, 4.69) is 6.07 Å². The van der Waals surface area contributed by atoms with Gasteiger partial charge in [0.15, 0.2) is 11.5 Å². The molecule has 0 aliphatic rings. The largest absolute Gasteiger partial charge is 0.493 e. The van der Waals surface area contributed by atoms with Crippen LogP contribution in [0.4, 0.5) is 13.2 Å². The van der Waals surface area contributed by atoms with Crippen molar-refractivity contribution in [2.24, 2.45) is 0 Å². The van der Waals surface area contributed by atoms with Gasteiger partial charge in [-0.15, -0.1) is 0 Å². The highest BCUT2D eigenvalue weighted by atomic mass is 19.4. The zero-order valence-corrected chi connectivity index (χ0v) is 16.9. The molecule has 31 heavy (non-hydrogen) atoms. The maximum Gasteiger partial charge on any atom is 0.416 e. The van der Waals surface area contributed by atoms with Gasteiger partial charge in [0.2, 0.25) is 5.75 Å². The van der Waals surface area contributed by atoms with Crippen molar-refractivity contribution in [2.75, 3.05) is 20.8 Å². The number of alkyl halides is 3. The lowest BCUT2D eigenvalue weighted by Gasteiger charge is -2.13. The van der Waals surface area contributed by atoms with E-state index in [1.54, 1.807) is 48.6 Å². The second kappa shape index (κ2) is 9.93. The molecule has 7 heteroatoms. The molecule has 0 saturated heterocycles. The van der Waals surface area contributed by atoms with E-state index in [9.17, 15) is 13.2 Å². The van der Waals surface area contributed by atoms with Crippen molar-refractivity contribution in [1.82, 2.24) is 0 Å². The molecule has 0 aliphatic heterocycles. The standard InChI is InChI=1S/C24H20F3O4/c1-28-21-9-4-10-22(23(21)29-2)31-20-8-3-7-19(16-20)30-15-5-6-17-11-13-18(14-12-17)24(25,26)27/h3,5-14,16H,15H2,1-2H3/b6-5+. The Morgan fingerprint density at radius 3 is 2.29 bits per heavy atom. The van der Waals surface area contributed by atoms with Crippen LogP contribution >= 0.6 is 0 Å². The van der Waals surface area contributed by atoms with Crippen LogP contribution in [-0.4, -0.2) is 20.8 Å². The maximum absolute atomic E-state index is 12.6. The van der Waals surface area contributed by atoms with Gasteiger partial charge in [-0.25, -0.2) is 0 Å². The second-order valence-electron chi connectivity index (χ2n) is 6.33. The quantitative estimate of drug-likeness (QED) is 0.415. The molecule has 0 heterocycles. The van der Waals surface area contributed by atoms with Gasteiger partial charge in [0.1, 0.15) is 18.1 Å². The first kappa shape index (κ1) is 22.1. The summed E-state index contributed by atoms with van der Waals surface area (Å²) in [6.45, 7) is 0.237. The summed E-state index contributed by atoms with van der Waals surface area (Å²) in [6.07, 6.45) is -0.932. The number of hydrogen-bond donors (Lipinski definition) is 0. The lowest BCUT2D eigenvalue weighted by atomic mass is 10.1. The zero-order valence-electron chi connectivity index (χ0n) is 16.9. The van der Waals surface area contributed by atoms with Gasteiger partial charge < -0.3 is 18.9 Å². The Morgan fingerprint density at radius 2 is 1.61 bits per heavy atom. The second-order valence-corrected chi connectivity index (χ2v) is 6.33. The lowest BCUT2D eigenvalue weighted by molar-refractivity contribution is -0.137. The molecule has 0 fully saturated rings. The molecular weight excluding hydrogens is 409 g/mol. The first-order valence-electron chi connectivity index (χ1n) is 9.27. The van der Waals surface area contributed by atoms with E-state index in [4.69, 9.17) is 18.9 Å². The van der Waals surface area contributed by atoms with Crippen LogP contribution in [0.2, 0.25) is 0 Å². The Labute approximate surface area is 178 Å². The van der Waals surface area contributed by atoms with E-state index in [0.717, 1.165) is 12.1 Å². The fraction of sp³-hybridized carbons (Fsp3) is 0.167. The predicted octanol–water partition coefficient (Wildman–Crippen LogP) is 6.41. The summed E-state index contributed by atoms with van der Waals surface area (Å²) >= 11 is 0. The number of halogens is 3. The summed E-state index contributed by atoms with van der Waals surface area (Å²) in [4.78, 5) is 0. The van der Waals surface area contributed by atoms with E-state index in [0.29, 0.717) is 34.3 Å². The summed E-state index contributed by atoms with van der Waals surface area (Å²) in [5.41, 5.74) is -0.0296. The molecule has 3 rings (SSSR count). The van der Waals surface area contributed by atoms with Crippen LogP contribution in [0.1, 0.15) is 11.1 Å². The zero-order chi connectivity index (χ0) is 22.3. The van der Waals surface area contributed by atoms with E-state index in [1.807, 2.05) is 0 Å². The minimum absolute atomic E-state index is 0.237. The Kier molecular flexibility index (Phi) is 7.07. The highest BCUT2D eigenvalue weighted by Gasteiger charge is 2.29. The van der Waals surface area contributed by atoms with E-state index in [-0.39, 0.29) is 6.61 Å². The number of ether oxygens (including phenoxy) is 4. The third-order valence-corrected chi connectivity index (χ3v) is 4.23. The Bertz CT molecular complexity index is 1030. The first-order valence-corrected chi connectivity index (χ1v) is 9.27. The summed E-state index contributed by atoms with van der Waals surface area (Å²) < 4.78 is 59.9. The minimum Gasteiger partial charge on any atom is -0.493 e. The summed E-state index contributed by atoms with van der Waals surface area (Å²) in [5.74, 6) is 2.50. The number of benzene rings is 3. The van der Waals surface area contributed by atoms with Gasteiger partial charge >= 0.3 is 6.18 Å². The van der Waals surface area contributed by atoms with Crippen molar-refractivity contribution in [3.05, 3.63) is 83.9 Å². The molecule has 0 unspecified atom stereocenters. The molecule has 0 bridgehead atoms. The lowest BCUT2D eigenvalue weighted by Crippen LogP contribution is -2.03. The number of rotatable bonds is 8. The smallest absolute Gasteiger partial charge is 0.416 e. The fourth-order valence-corrected chi connectivity index (χ4v) is 2.74. The van der Waals surface area contributed by atoms with E-state index in [1.165, 1.54) is 26.4 Å². The molecule has 0 amide bonds. The third kappa shape index (κ3) is 5.94. The van der Waals surface area contributed by atoms with Crippen LogP contribution < -0.4 is 18.9 Å². The van der Waals surface area contributed by atoms with Crippen molar-refractivity contribution < 1.29 is 32.1 Å². The molecule has 161 valence electrons. The summed E-state index contributed by atoms with van der Waals surface area (Å²) in [7, 11) is 3.05. The van der Waals surface area contributed by atoms with Gasteiger partial charge in [0.05, 0.1) is 19.8 Å². The molecule has 0 N–H and O–H groups in total. The monoisotopic (exact) mass is 429 g/mol. The molecule has 0 saturated carbocycles. The van der Waals surface area contributed by atoms with Gasteiger partial charge in [-0.1, -0.05) is 24.3 Å². The van der Waals surface area contributed by atoms with Gasteiger partial charge in [-0.05, 0) is 54.1 Å². The molecule has 0 aromatic heterocycles. The van der Waals surface area contributed by atoms with Crippen LogP contribution in [0.5, 0.6) is 28.7 Å². The normalized spacial score (nSPS) is 11.4. The van der Waals surface area contributed by atoms with Crippen molar-refractivity contribution in [3.63, 3.8) is 0 Å². The molecule has 0 aliphatic carbocycles. The van der Waals surface area contributed by atoms with Crippen molar-refractivity contribution in [2.45, 2.75) is 6.18 Å². The predicted molar refractivity (Wildman–Crippen MR) is 111 cm³/mol. The van der Waals surface area contributed by atoms with Gasteiger partial charge in [-0.2, -0.15) is 13.2 Å². The highest BCUT2D eigenvalue weighted by molar-refractivity contribution is 5.53. The van der Waals surface area contributed by atoms with Crippen LogP contribution in [0.25, 0.3) is 6.08 Å². The fourth-order valence-electron chi connectivity index (χ4n) is 2.74. The van der Waals surface area contributed by atoms with Crippen LogP contribution in [0, 0.1) is 6.07 Å². The van der Waals surface area contributed by atoms with E-state index < -0.39 is 11.7 Å². The number of methoxy groups -OCH3 is 2. The van der Waals surface area contributed by atoms with E-state index >= 15 is 0 Å². The average Bonchev–Trinajstić information content (AvgIpc) is 2.76. The SMILES string of the molecule is COc1c[c]cc(Oc2cccc(OC/C=C/c3ccc(C(F)(F)F)cc3)c2)c1OC. The summed E-state index contributed by atoms with van der Waals surface area (Å²) in [5, 5.41) is 0. The Balaban J connectivity index is 1.61. The molecule has 0 spiro atoms.